The van der Waals surface area contributed by atoms with Crippen molar-refractivity contribution in [3.8, 4) is 0 Å². The number of likely N-dealkylation sites (tertiary alicyclic amines) is 1. The van der Waals surface area contributed by atoms with Crippen LogP contribution in [0.5, 0.6) is 0 Å². The first-order valence-electron chi connectivity index (χ1n) is 6.33. The summed E-state index contributed by atoms with van der Waals surface area (Å²) in [6, 6.07) is 0.687. The molecular formula is C12H22N2O2. The van der Waals surface area contributed by atoms with E-state index in [1.165, 1.54) is 12.8 Å². The SMILES string of the molecule is CC(C)OCCN1CCC(NC2CC2)C1=O. The molecule has 0 aromatic rings. The van der Waals surface area contributed by atoms with Gasteiger partial charge in [-0.05, 0) is 33.1 Å². The lowest BCUT2D eigenvalue weighted by Gasteiger charge is -2.18. The van der Waals surface area contributed by atoms with Crippen LogP contribution >= 0.6 is 0 Å². The minimum absolute atomic E-state index is 0.0755. The Morgan fingerprint density at radius 3 is 2.81 bits per heavy atom. The lowest BCUT2D eigenvalue weighted by Crippen LogP contribution is -2.40. The second kappa shape index (κ2) is 5.15. The molecule has 4 nitrogen and oxygen atoms in total. The van der Waals surface area contributed by atoms with E-state index in [2.05, 4.69) is 5.32 Å². The third-order valence-corrected chi connectivity index (χ3v) is 3.12. The maximum atomic E-state index is 12.0. The largest absolute Gasteiger partial charge is 0.377 e. The van der Waals surface area contributed by atoms with Gasteiger partial charge in [0.25, 0.3) is 0 Å². The van der Waals surface area contributed by atoms with Crippen molar-refractivity contribution in [1.82, 2.24) is 10.2 Å². The minimum Gasteiger partial charge on any atom is -0.377 e. The number of carbonyl (C=O) groups is 1. The van der Waals surface area contributed by atoms with E-state index < -0.39 is 0 Å². The zero-order chi connectivity index (χ0) is 11.5. The van der Waals surface area contributed by atoms with Crippen molar-refractivity contribution in [2.45, 2.75) is 51.3 Å². The van der Waals surface area contributed by atoms with E-state index in [1.54, 1.807) is 0 Å². The lowest BCUT2D eigenvalue weighted by molar-refractivity contribution is -0.130. The molecule has 1 amide bonds. The quantitative estimate of drug-likeness (QED) is 0.727. The van der Waals surface area contributed by atoms with Crippen LogP contribution in [0.1, 0.15) is 33.1 Å². The van der Waals surface area contributed by atoms with Gasteiger partial charge < -0.3 is 15.0 Å². The van der Waals surface area contributed by atoms with E-state index in [4.69, 9.17) is 4.74 Å². The third kappa shape index (κ3) is 3.19. The Morgan fingerprint density at radius 1 is 1.44 bits per heavy atom. The zero-order valence-electron chi connectivity index (χ0n) is 10.2. The van der Waals surface area contributed by atoms with Crippen molar-refractivity contribution >= 4 is 5.91 Å². The first kappa shape index (κ1) is 11.9. The van der Waals surface area contributed by atoms with E-state index in [-0.39, 0.29) is 18.1 Å². The summed E-state index contributed by atoms with van der Waals surface area (Å²) in [5.74, 6) is 0.263. The van der Waals surface area contributed by atoms with E-state index in [0.29, 0.717) is 12.6 Å². The molecule has 16 heavy (non-hydrogen) atoms. The van der Waals surface area contributed by atoms with Crippen molar-refractivity contribution in [2.75, 3.05) is 19.7 Å². The van der Waals surface area contributed by atoms with Crippen molar-refractivity contribution < 1.29 is 9.53 Å². The molecule has 1 saturated carbocycles. The topological polar surface area (TPSA) is 41.6 Å². The molecule has 4 heteroatoms. The maximum Gasteiger partial charge on any atom is 0.239 e. The lowest BCUT2D eigenvalue weighted by atomic mass is 10.2. The molecule has 2 rings (SSSR count). The summed E-state index contributed by atoms with van der Waals surface area (Å²) in [6.45, 7) is 6.30. The average molecular weight is 226 g/mol. The van der Waals surface area contributed by atoms with Gasteiger partial charge in [0, 0.05) is 19.1 Å². The third-order valence-electron chi connectivity index (χ3n) is 3.12. The highest BCUT2D eigenvalue weighted by Gasteiger charge is 2.35. The standard InChI is InChI=1S/C12H22N2O2/c1-9(2)16-8-7-14-6-5-11(12(14)15)13-10-3-4-10/h9-11,13H,3-8H2,1-2H3. The number of nitrogens with zero attached hydrogens (tertiary/aromatic N) is 1. The van der Waals surface area contributed by atoms with Crippen LogP contribution in [0.4, 0.5) is 0 Å². The molecule has 2 aliphatic rings. The van der Waals surface area contributed by atoms with Gasteiger partial charge >= 0.3 is 0 Å². The van der Waals surface area contributed by atoms with Crippen LogP contribution < -0.4 is 5.32 Å². The maximum absolute atomic E-state index is 12.0. The van der Waals surface area contributed by atoms with Crippen molar-refractivity contribution in [2.24, 2.45) is 0 Å². The second-order valence-corrected chi connectivity index (χ2v) is 5.03. The normalized spacial score (nSPS) is 25.8. The highest BCUT2D eigenvalue weighted by atomic mass is 16.5. The number of carbonyl (C=O) groups excluding carboxylic acids is 1. The van der Waals surface area contributed by atoms with E-state index in [1.807, 2.05) is 18.7 Å². The monoisotopic (exact) mass is 226 g/mol. The summed E-state index contributed by atoms with van der Waals surface area (Å²) in [7, 11) is 0. The highest BCUT2D eigenvalue weighted by Crippen LogP contribution is 2.22. The van der Waals surface area contributed by atoms with Crippen LogP contribution in [-0.4, -0.2) is 48.7 Å². The van der Waals surface area contributed by atoms with Gasteiger partial charge in [-0.25, -0.2) is 0 Å². The molecule has 1 saturated heterocycles. The van der Waals surface area contributed by atoms with Gasteiger partial charge in [-0.2, -0.15) is 0 Å². The number of hydrogen-bond acceptors (Lipinski definition) is 3. The molecule has 0 aromatic heterocycles. The van der Waals surface area contributed by atoms with Crippen LogP contribution in [0.3, 0.4) is 0 Å². The van der Waals surface area contributed by atoms with Gasteiger partial charge in [0.15, 0.2) is 0 Å². The van der Waals surface area contributed by atoms with Crippen LogP contribution in [-0.2, 0) is 9.53 Å². The second-order valence-electron chi connectivity index (χ2n) is 5.03. The van der Waals surface area contributed by atoms with E-state index in [9.17, 15) is 4.79 Å². The van der Waals surface area contributed by atoms with E-state index >= 15 is 0 Å². The van der Waals surface area contributed by atoms with Gasteiger partial charge in [0.2, 0.25) is 5.91 Å². The summed E-state index contributed by atoms with van der Waals surface area (Å²) < 4.78 is 5.47. The van der Waals surface area contributed by atoms with Crippen molar-refractivity contribution in [1.29, 1.82) is 0 Å². The number of ether oxygens (including phenoxy) is 1. The first-order chi connectivity index (χ1) is 7.66. The summed E-state index contributed by atoms with van der Waals surface area (Å²) in [4.78, 5) is 13.9. The number of hydrogen-bond donors (Lipinski definition) is 1. The minimum atomic E-state index is 0.0755. The van der Waals surface area contributed by atoms with Crippen LogP contribution in [0.25, 0.3) is 0 Å². The molecule has 0 aromatic carbocycles. The van der Waals surface area contributed by atoms with Crippen LogP contribution in [0.2, 0.25) is 0 Å². The smallest absolute Gasteiger partial charge is 0.239 e. The van der Waals surface area contributed by atoms with Crippen LogP contribution in [0, 0.1) is 0 Å². The fraction of sp³-hybridized carbons (Fsp3) is 0.917. The molecule has 1 aliphatic heterocycles. The Bertz CT molecular complexity index is 251. The molecular weight excluding hydrogens is 204 g/mol. The fourth-order valence-corrected chi connectivity index (χ4v) is 2.05. The van der Waals surface area contributed by atoms with Gasteiger partial charge in [-0.1, -0.05) is 0 Å². The van der Waals surface area contributed by atoms with Crippen molar-refractivity contribution in [3.05, 3.63) is 0 Å². The molecule has 1 unspecified atom stereocenters. The Morgan fingerprint density at radius 2 is 2.19 bits per heavy atom. The number of nitrogens with one attached hydrogen (secondary N) is 1. The molecule has 2 fully saturated rings. The summed E-state index contributed by atoms with van der Waals surface area (Å²) in [5, 5.41) is 3.40. The molecule has 0 spiro atoms. The first-order valence-corrected chi connectivity index (χ1v) is 6.33. The van der Waals surface area contributed by atoms with Gasteiger partial charge in [-0.3, -0.25) is 4.79 Å². The number of amides is 1. The fourth-order valence-electron chi connectivity index (χ4n) is 2.05. The zero-order valence-corrected chi connectivity index (χ0v) is 10.2. The van der Waals surface area contributed by atoms with Gasteiger partial charge in [-0.15, -0.1) is 0 Å². The molecule has 1 heterocycles. The van der Waals surface area contributed by atoms with Crippen LogP contribution in [0.15, 0.2) is 0 Å². The predicted molar refractivity (Wildman–Crippen MR) is 62.2 cm³/mol. The van der Waals surface area contributed by atoms with Gasteiger partial charge in [0.05, 0.1) is 18.8 Å². The van der Waals surface area contributed by atoms with Crippen molar-refractivity contribution in [3.63, 3.8) is 0 Å². The Balaban J connectivity index is 1.68. The molecule has 92 valence electrons. The average Bonchev–Trinajstić information content (AvgIpc) is 2.97. The molecule has 0 bridgehead atoms. The summed E-state index contributed by atoms with van der Waals surface area (Å²) in [5.41, 5.74) is 0. The van der Waals surface area contributed by atoms with E-state index in [0.717, 1.165) is 19.5 Å². The summed E-state index contributed by atoms with van der Waals surface area (Å²) >= 11 is 0. The Hall–Kier alpha value is -0.610. The van der Waals surface area contributed by atoms with Gasteiger partial charge in [0.1, 0.15) is 0 Å². The molecule has 1 atom stereocenters. The Labute approximate surface area is 97.3 Å². The summed E-state index contributed by atoms with van der Waals surface area (Å²) in [6.07, 6.45) is 3.68. The molecule has 0 radical (unpaired) electrons. The molecule has 1 aliphatic carbocycles. The Kier molecular flexibility index (Phi) is 3.82. The predicted octanol–water partition coefficient (Wildman–Crippen LogP) is 0.764. The number of rotatable bonds is 6. The highest BCUT2D eigenvalue weighted by molar-refractivity contribution is 5.84. The molecule has 1 N–H and O–H groups in total.